The highest BCUT2D eigenvalue weighted by Crippen LogP contribution is 2.22. The van der Waals surface area contributed by atoms with Crippen molar-refractivity contribution in [2.45, 2.75) is 38.7 Å². The average molecular weight is 334 g/mol. The molecule has 2 fully saturated rings. The van der Waals surface area contributed by atoms with Crippen LogP contribution in [0.15, 0.2) is 17.2 Å². The third kappa shape index (κ3) is 4.14. The standard InChI is InChI=1S/C17H26N4O3/c1-3-15-14(6-8-23-15)10-18-17(22)21-7-4-5-13(11-21)9-16-19-12(2)20-24-16/h3,13-15H,1,4-11H2,2H3,(H,18,22)/t13?,14-,15-/m0/s1. The molecule has 0 radical (unpaired) electrons. The van der Waals surface area contributed by atoms with Crippen LogP contribution < -0.4 is 5.32 Å². The summed E-state index contributed by atoms with van der Waals surface area (Å²) >= 11 is 0. The van der Waals surface area contributed by atoms with Crippen LogP contribution in [-0.4, -0.2) is 53.4 Å². The number of ether oxygens (including phenoxy) is 1. The summed E-state index contributed by atoms with van der Waals surface area (Å²) in [6.07, 6.45) is 5.68. The van der Waals surface area contributed by atoms with E-state index in [0.29, 0.717) is 30.1 Å². The number of carbonyl (C=O) groups is 1. The third-order valence-corrected chi connectivity index (χ3v) is 4.85. The van der Waals surface area contributed by atoms with E-state index in [4.69, 9.17) is 9.26 Å². The van der Waals surface area contributed by atoms with Gasteiger partial charge in [0.1, 0.15) is 0 Å². The Balaban J connectivity index is 1.47. The maximum atomic E-state index is 12.4. The number of carbonyl (C=O) groups excluding carboxylic acids is 1. The highest BCUT2D eigenvalue weighted by molar-refractivity contribution is 5.74. The molecule has 3 rings (SSSR count). The van der Waals surface area contributed by atoms with Gasteiger partial charge in [0.15, 0.2) is 5.82 Å². The van der Waals surface area contributed by atoms with Gasteiger partial charge in [-0.2, -0.15) is 4.98 Å². The molecular weight excluding hydrogens is 308 g/mol. The van der Waals surface area contributed by atoms with Crippen LogP contribution >= 0.6 is 0 Å². The largest absolute Gasteiger partial charge is 0.374 e. The summed E-state index contributed by atoms with van der Waals surface area (Å²) in [5, 5.41) is 6.88. The Labute approximate surface area is 142 Å². The van der Waals surface area contributed by atoms with E-state index in [-0.39, 0.29) is 12.1 Å². The molecule has 1 aromatic heterocycles. The topological polar surface area (TPSA) is 80.5 Å². The lowest BCUT2D eigenvalue weighted by Gasteiger charge is -2.32. The van der Waals surface area contributed by atoms with Crippen LogP contribution in [0, 0.1) is 18.8 Å². The summed E-state index contributed by atoms with van der Waals surface area (Å²) < 4.78 is 10.8. The first-order chi connectivity index (χ1) is 11.7. The molecule has 0 aromatic carbocycles. The molecule has 0 spiro atoms. The molecule has 3 atom stereocenters. The van der Waals surface area contributed by atoms with E-state index in [2.05, 4.69) is 22.0 Å². The van der Waals surface area contributed by atoms with Gasteiger partial charge >= 0.3 is 6.03 Å². The molecule has 2 saturated heterocycles. The van der Waals surface area contributed by atoms with Gasteiger partial charge in [-0.1, -0.05) is 11.2 Å². The van der Waals surface area contributed by atoms with Gasteiger partial charge in [-0.15, -0.1) is 6.58 Å². The molecular formula is C17H26N4O3. The number of aryl methyl sites for hydroxylation is 1. The maximum absolute atomic E-state index is 12.4. The minimum atomic E-state index is 0.0103. The van der Waals surface area contributed by atoms with Crippen molar-refractivity contribution in [2.75, 3.05) is 26.2 Å². The summed E-state index contributed by atoms with van der Waals surface area (Å²) in [5.41, 5.74) is 0. The van der Waals surface area contributed by atoms with Crippen LogP contribution in [0.25, 0.3) is 0 Å². The van der Waals surface area contributed by atoms with Gasteiger partial charge in [0.05, 0.1) is 6.10 Å². The Kier molecular flexibility index (Phi) is 5.50. The van der Waals surface area contributed by atoms with Crippen LogP contribution in [0.3, 0.4) is 0 Å². The lowest BCUT2D eigenvalue weighted by Crippen LogP contribution is -2.47. The van der Waals surface area contributed by atoms with E-state index in [9.17, 15) is 4.79 Å². The first-order valence-electron chi connectivity index (χ1n) is 8.72. The van der Waals surface area contributed by atoms with Crippen LogP contribution in [0.5, 0.6) is 0 Å². The molecule has 1 unspecified atom stereocenters. The number of nitrogens with one attached hydrogen (secondary N) is 1. The van der Waals surface area contributed by atoms with Crippen molar-refractivity contribution in [3.63, 3.8) is 0 Å². The Morgan fingerprint density at radius 1 is 1.50 bits per heavy atom. The molecule has 0 saturated carbocycles. The molecule has 24 heavy (non-hydrogen) atoms. The van der Waals surface area contributed by atoms with E-state index < -0.39 is 0 Å². The Morgan fingerprint density at radius 2 is 2.38 bits per heavy atom. The van der Waals surface area contributed by atoms with Crippen molar-refractivity contribution in [1.82, 2.24) is 20.4 Å². The van der Waals surface area contributed by atoms with Crippen molar-refractivity contribution in [3.05, 3.63) is 24.4 Å². The number of hydrogen-bond acceptors (Lipinski definition) is 5. The smallest absolute Gasteiger partial charge is 0.317 e. The van der Waals surface area contributed by atoms with E-state index in [1.807, 2.05) is 17.9 Å². The fourth-order valence-electron chi connectivity index (χ4n) is 3.55. The second kappa shape index (κ2) is 7.79. The van der Waals surface area contributed by atoms with Gasteiger partial charge in [-0.3, -0.25) is 0 Å². The zero-order valence-corrected chi connectivity index (χ0v) is 14.2. The van der Waals surface area contributed by atoms with Crippen molar-refractivity contribution < 1.29 is 14.1 Å². The summed E-state index contributed by atoms with van der Waals surface area (Å²) in [5.74, 6) is 2.02. The number of nitrogens with zero attached hydrogens (tertiary/aromatic N) is 3. The number of hydrogen-bond donors (Lipinski definition) is 1. The van der Waals surface area contributed by atoms with Crippen molar-refractivity contribution >= 4 is 6.03 Å². The SMILES string of the molecule is C=C[C@@H]1OCC[C@H]1CNC(=O)N1CCCC(Cc2nc(C)no2)C1. The van der Waals surface area contributed by atoms with Crippen LogP contribution in [0.1, 0.15) is 31.0 Å². The lowest BCUT2D eigenvalue weighted by atomic mass is 9.95. The highest BCUT2D eigenvalue weighted by Gasteiger charge is 2.28. The second-order valence-electron chi connectivity index (χ2n) is 6.70. The Morgan fingerprint density at radius 3 is 3.12 bits per heavy atom. The number of rotatable bonds is 5. The quantitative estimate of drug-likeness (QED) is 0.832. The molecule has 7 heteroatoms. The van der Waals surface area contributed by atoms with Crippen molar-refractivity contribution in [1.29, 1.82) is 0 Å². The molecule has 2 amide bonds. The van der Waals surface area contributed by atoms with E-state index >= 15 is 0 Å². The first-order valence-corrected chi connectivity index (χ1v) is 8.72. The number of likely N-dealkylation sites (tertiary alicyclic amines) is 1. The zero-order valence-electron chi connectivity index (χ0n) is 14.2. The molecule has 132 valence electrons. The summed E-state index contributed by atoms with van der Waals surface area (Å²) in [6.45, 7) is 8.53. The molecule has 1 N–H and O–H groups in total. The Hall–Kier alpha value is -1.89. The van der Waals surface area contributed by atoms with E-state index in [1.54, 1.807) is 0 Å². The van der Waals surface area contributed by atoms with Crippen LogP contribution in [0.4, 0.5) is 4.79 Å². The summed E-state index contributed by atoms with van der Waals surface area (Å²) in [7, 11) is 0. The zero-order chi connectivity index (χ0) is 16.9. The monoisotopic (exact) mass is 334 g/mol. The number of amides is 2. The normalized spacial score (nSPS) is 27.2. The molecule has 2 aliphatic rings. The molecule has 7 nitrogen and oxygen atoms in total. The summed E-state index contributed by atoms with van der Waals surface area (Å²) in [6, 6.07) is 0.0103. The first kappa shape index (κ1) is 17.0. The van der Waals surface area contributed by atoms with Gasteiger partial charge < -0.3 is 19.5 Å². The molecule has 0 bridgehead atoms. The number of urea groups is 1. The van der Waals surface area contributed by atoms with E-state index in [0.717, 1.165) is 45.4 Å². The number of aromatic nitrogens is 2. The average Bonchev–Trinajstić information content (AvgIpc) is 3.21. The summed E-state index contributed by atoms with van der Waals surface area (Å²) in [4.78, 5) is 18.6. The van der Waals surface area contributed by atoms with Gasteiger partial charge in [0.25, 0.3) is 0 Å². The van der Waals surface area contributed by atoms with Gasteiger partial charge in [-0.25, -0.2) is 4.79 Å². The minimum Gasteiger partial charge on any atom is -0.374 e. The third-order valence-electron chi connectivity index (χ3n) is 4.85. The second-order valence-corrected chi connectivity index (χ2v) is 6.70. The predicted octanol–water partition coefficient (Wildman–Crippen LogP) is 1.93. The lowest BCUT2D eigenvalue weighted by molar-refractivity contribution is 0.126. The van der Waals surface area contributed by atoms with Crippen molar-refractivity contribution in [2.24, 2.45) is 11.8 Å². The molecule has 0 aliphatic carbocycles. The van der Waals surface area contributed by atoms with Gasteiger partial charge in [0, 0.05) is 38.6 Å². The fraction of sp³-hybridized carbons (Fsp3) is 0.706. The fourth-order valence-corrected chi connectivity index (χ4v) is 3.55. The minimum absolute atomic E-state index is 0.0103. The van der Waals surface area contributed by atoms with Crippen LogP contribution in [0.2, 0.25) is 0 Å². The Bertz CT molecular complexity index is 574. The molecule has 2 aliphatic heterocycles. The molecule has 3 heterocycles. The van der Waals surface area contributed by atoms with Gasteiger partial charge in [0.2, 0.25) is 5.89 Å². The van der Waals surface area contributed by atoms with Gasteiger partial charge in [-0.05, 0) is 32.1 Å². The highest BCUT2D eigenvalue weighted by atomic mass is 16.5. The molecule has 1 aromatic rings. The van der Waals surface area contributed by atoms with Crippen LogP contribution in [-0.2, 0) is 11.2 Å². The predicted molar refractivity (Wildman–Crippen MR) is 88.5 cm³/mol. The van der Waals surface area contributed by atoms with E-state index in [1.165, 1.54) is 0 Å². The number of piperidine rings is 1. The maximum Gasteiger partial charge on any atom is 0.317 e. The van der Waals surface area contributed by atoms with Crippen molar-refractivity contribution in [3.8, 4) is 0 Å².